The van der Waals surface area contributed by atoms with Crippen LogP contribution in [-0.2, 0) is 11.2 Å². The molecule has 1 saturated heterocycles. The summed E-state index contributed by atoms with van der Waals surface area (Å²) in [4.78, 5) is 14.4. The van der Waals surface area contributed by atoms with Crippen LogP contribution in [0.3, 0.4) is 0 Å². The van der Waals surface area contributed by atoms with Gasteiger partial charge in [-0.25, -0.2) is 0 Å². The number of aryl methyl sites for hydroxylation is 2. The Morgan fingerprint density at radius 1 is 0.935 bits per heavy atom. The molecule has 0 aromatic heterocycles. The molecule has 1 fully saturated rings. The number of nitrogens with zero attached hydrogens (tertiary/aromatic N) is 2. The molecule has 0 unspecified atom stereocenters. The lowest BCUT2D eigenvalue weighted by Crippen LogP contribution is -2.40. The maximum atomic E-state index is 12.6. The molecule has 0 atom stereocenters. The van der Waals surface area contributed by atoms with Crippen molar-refractivity contribution in [2.45, 2.75) is 20.3 Å². The monoisotopic (exact) mass is 410 g/mol. The van der Waals surface area contributed by atoms with E-state index in [-0.39, 0.29) is 5.91 Å². The first-order chi connectivity index (χ1) is 15.0. The molecule has 4 heteroatoms. The number of ether oxygens (including phenoxy) is 1. The first-order valence-corrected chi connectivity index (χ1v) is 10.6. The van der Waals surface area contributed by atoms with Gasteiger partial charge in [0.2, 0.25) is 0 Å². The predicted octanol–water partition coefficient (Wildman–Crippen LogP) is 4.91. The van der Waals surface area contributed by atoms with Crippen LogP contribution in [0.1, 0.15) is 38.2 Å². The number of nitriles is 1. The molecule has 0 bridgehead atoms. The maximum Gasteiger partial charge on any atom is 0.254 e. The van der Waals surface area contributed by atoms with Crippen LogP contribution in [0.25, 0.3) is 11.1 Å². The summed E-state index contributed by atoms with van der Waals surface area (Å²) in [5, 5.41) is 9.72. The van der Waals surface area contributed by atoms with Crippen LogP contribution in [-0.4, -0.2) is 37.1 Å². The van der Waals surface area contributed by atoms with Gasteiger partial charge in [-0.1, -0.05) is 42.5 Å². The van der Waals surface area contributed by atoms with E-state index in [9.17, 15) is 10.1 Å². The highest BCUT2D eigenvalue weighted by Gasteiger charge is 2.18. The summed E-state index contributed by atoms with van der Waals surface area (Å²) in [5.74, 6) is 0.0466. The topological polar surface area (TPSA) is 53.3 Å². The molecule has 4 rings (SSSR count). The van der Waals surface area contributed by atoms with Crippen LogP contribution in [0.2, 0.25) is 0 Å². The van der Waals surface area contributed by atoms with E-state index in [0.717, 1.165) is 22.3 Å². The van der Waals surface area contributed by atoms with Crippen molar-refractivity contribution in [2.24, 2.45) is 0 Å². The van der Waals surface area contributed by atoms with Crippen LogP contribution in [0.4, 0.5) is 0 Å². The quantitative estimate of drug-likeness (QED) is 0.614. The molecule has 3 aromatic carbocycles. The fourth-order valence-electron chi connectivity index (χ4n) is 3.87. The molecule has 1 heterocycles. The molecule has 1 aliphatic rings. The third-order valence-corrected chi connectivity index (χ3v) is 5.96. The van der Waals surface area contributed by atoms with Gasteiger partial charge >= 0.3 is 0 Å². The molecule has 1 amide bonds. The van der Waals surface area contributed by atoms with Crippen molar-refractivity contribution in [1.82, 2.24) is 4.90 Å². The van der Waals surface area contributed by atoms with Crippen molar-refractivity contribution in [1.29, 1.82) is 5.26 Å². The minimum atomic E-state index is 0.0466. The van der Waals surface area contributed by atoms with Gasteiger partial charge in [0.05, 0.1) is 24.8 Å². The summed E-state index contributed by atoms with van der Waals surface area (Å²) in [6.07, 6.45) is 0.655. The van der Waals surface area contributed by atoms with Crippen molar-refractivity contribution in [3.8, 4) is 17.2 Å². The highest BCUT2D eigenvalue weighted by molar-refractivity contribution is 5.94. The summed E-state index contributed by atoms with van der Waals surface area (Å²) in [7, 11) is 0. The van der Waals surface area contributed by atoms with Crippen LogP contribution in [0, 0.1) is 25.2 Å². The van der Waals surface area contributed by atoms with Crippen LogP contribution in [0.15, 0.2) is 60.7 Å². The average Bonchev–Trinajstić information content (AvgIpc) is 2.82. The lowest BCUT2D eigenvalue weighted by molar-refractivity contribution is 0.0303. The van der Waals surface area contributed by atoms with E-state index in [1.54, 1.807) is 0 Å². The zero-order chi connectivity index (χ0) is 21.8. The van der Waals surface area contributed by atoms with Crippen LogP contribution in [0.5, 0.6) is 0 Å². The number of carbonyl (C=O) groups excluding carboxylic acids is 1. The second-order valence-corrected chi connectivity index (χ2v) is 8.06. The summed E-state index contributed by atoms with van der Waals surface area (Å²) < 4.78 is 5.32. The zero-order valence-corrected chi connectivity index (χ0v) is 18.0. The minimum absolute atomic E-state index is 0.0466. The zero-order valence-electron chi connectivity index (χ0n) is 18.0. The molecule has 3 aromatic rings. The van der Waals surface area contributed by atoms with Crippen LogP contribution < -0.4 is 0 Å². The molecule has 31 heavy (non-hydrogen) atoms. The molecular weight excluding hydrogens is 384 g/mol. The normalized spacial score (nSPS) is 13.6. The Morgan fingerprint density at radius 2 is 1.61 bits per heavy atom. The molecule has 0 radical (unpaired) electrons. The van der Waals surface area contributed by atoms with Crippen LogP contribution >= 0.6 is 0 Å². The average molecular weight is 411 g/mol. The van der Waals surface area contributed by atoms with Gasteiger partial charge in [0.15, 0.2) is 0 Å². The third kappa shape index (κ3) is 4.68. The summed E-state index contributed by atoms with van der Waals surface area (Å²) in [6, 6.07) is 22.5. The summed E-state index contributed by atoms with van der Waals surface area (Å²) in [6.45, 7) is 6.67. The molecule has 0 aliphatic carbocycles. The highest BCUT2D eigenvalue weighted by Crippen LogP contribution is 2.26. The van der Waals surface area contributed by atoms with Crippen molar-refractivity contribution in [3.05, 3.63) is 94.0 Å². The Hall–Kier alpha value is -3.42. The Morgan fingerprint density at radius 3 is 2.29 bits per heavy atom. The van der Waals surface area contributed by atoms with E-state index in [2.05, 4.69) is 44.2 Å². The van der Waals surface area contributed by atoms with Gasteiger partial charge < -0.3 is 9.64 Å². The van der Waals surface area contributed by atoms with Gasteiger partial charge in [-0.3, -0.25) is 4.79 Å². The summed E-state index contributed by atoms with van der Waals surface area (Å²) >= 11 is 0. The van der Waals surface area contributed by atoms with E-state index in [4.69, 9.17) is 4.74 Å². The lowest BCUT2D eigenvalue weighted by atomic mass is 9.94. The number of carbonyl (C=O) groups is 1. The highest BCUT2D eigenvalue weighted by atomic mass is 16.5. The molecule has 4 nitrogen and oxygen atoms in total. The molecule has 0 saturated carbocycles. The second-order valence-electron chi connectivity index (χ2n) is 8.06. The van der Waals surface area contributed by atoms with Gasteiger partial charge in [0.25, 0.3) is 5.91 Å². The lowest BCUT2D eigenvalue weighted by Gasteiger charge is -2.26. The van der Waals surface area contributed by atoms with Crippen molar-refractivity contribution in [2.75, 3.05) is 26.3 Å². The molecule has 156 valence electrons. The van der Waals surface area contributed by atoms with Gasteiger partial charge in [-0.2, -0.15) is 5.26 Å². The van der Waals surface area contributed by atoms with Crippen molar-refractivity contribution in [3.63, 3.8) is 0 Å². The predicted molar refractivity (Wildman–Crippen MR) is 122 cm³/mol. The number of hydrogen-bond donors (Lipinski definition) is 0. The van der Waals surface area contributed by atoms with E-state index in [1.165, 1.54) is 11.1 Å². The first kappa shape index (κ1) is 20.8. The van der Waals surface area contributed by atoms with Gasteiger partial charge in [-0.15, -0.1) is 0 Å². The number of rotatable bonds is 4. The fraction of sp³-hybridized carbons (Fsp3) is 0.259. The molecule has 0 N–H and O–H groups in total. The van der Waals surface area contributed by atoms with Crippen molar-refractivity contribution < 1.29 is 9.53 Å². The molecule has 0 spiro atoms. The van der Waals surface area contributed by atoms with Gasteiger partial charge in [0, 0.05) is 18.7 Å². The second kappa shape index (κ2) is 9.16. The first-order valence-electron chi connectivity index (χ1n) is 10.6. The minimum Gasteiger partial charge on any atom is -0.378 e. The van der Waals surface area contributed by atoms with E-state index < -0.39 is 0 Å². The number of morpholine rings is 1. The number of benzene rings is 3. The standard InChI is InChI=1S/C27H26N2O2/c1-19-3-6-23(15-20(19)2)25-10-9-24(26(17-25)18-28)16-21-4-7-22(8-5-21)27(30)29-11-13-31-14-12-29/h3-10,15,17H,11-14,16H2,1-2H3. The summed E-state index contributed by atoms with van der Waals surface area (Å²) in [5.41, 5.74) is 8.12. The van der Waals surface area contributed by atoms with Crippen molar-refractivity contribution >= 4 is 5.91 Å². The molecule has 1 aliphatic heterocycles. The Balaban J connectivity index is 1.51. The smallest absolute Gasteiger partial charge is 0.254 e. The van der Waals surface area contributed by atoms with Gasteiger partial charge in [0.1, 0.15) is 0 Å². The SMILES string of the molecule is Cc1ccc(-c2ccc(Cc3ccc(C(=O)N4CCOCC4)cc3)c(C#N)c2)cc1C. The van der Waals surface area contributed by atoms with Gasteiger partial charge in [-0.05, 0) is 71.8 Å². The van der Waals surface area contributed by atoms with E-state index in [0.29, 0.717) is 43.9 Å². The van der Waals surface area contributed by atoms with E-state index >= 15 is 0 Å². The Bertz CT molecular complexity index is 1140. The maximum absolute atomic E-state index is 12.6. The molecular formula is C27H26N2O2. The fourth-order valence-corrected chi connectivity index (χ4v) is 3.87. The largest absolute Gasteiger partial charge is 0.378 e. The number of amides is 1. The third-order valence-electron chi connectivity index (χ3n) is 5.96. The Kier molecular flexibility index (Phi) is 6.16. The van der Waals surface area contributed by atoms with E-state index in [1.807, 2.05) is 41.3 Å². The Labute approximate surface area is 183 Å². The number of hydrogen-bond acceptors (Lipinski definition) is 3.